The maximum absolute atomic E-state index is 12.5. The van der Waals surface area contributed by atoms with E-state index >= 15 is 0 Å². The summed E-state index contributed by atoms with van der Waals surface area (Å²) >= 11 is 1.51. The highest BCUT2D eigenvalue weighted by Crippen LogP contribution is 2.37. The molecule has 4 rings (SSSR count). The van der Waals surface area contributed by atoms with Crippen LogP contribution in [0, 0.1) is 0 Å². The van der Waals surface area contributed by atoms with Crippen LogP contribution in [0.25, 0.3) is 0 Å². The lowest BCUT2D eigenvalue weighted by Gasteiger charge is -2.38. The maximum atomic E-state index is 12.5. The van der Waals surface area contributed by atoms with Crippen molar-refractivity contribution in [3.05, 3.63) is 52.5 Å². The summed E-state index contributed by atoms with van der Waals surface area (Å²) in [6, 6.07) is 7.76. The van der Waals surface area contributed by atoms with Gasteiger partial charge >= 0.3 is 0 Å². The van der Waals surface area contributed by atoms with E-state index in [0.29, 0.717) is 13.2 Å². The Bertz CT molecular complexity index is 697. The van der Waals surface area contributed by atoms with Gasteiger partial charge < -0.3 is 14.4 Å². The first kappa shape index (κ1) is 16.7. The van der Waals surface area contributed by atoms with Crippen molar-refractivity contribution in [3.8, 4) is 0 Å². The Hall–Kier alpha value is -1.76. The Morgan fingerprint density at radius 2 is 2.12 bits per heavy atom. The molecule has 6 heteroatoms. The van der Waals surface area contributed by atoms with Crippen molar-refractivity contribution in [2.45, 2.75) is 37.6 Å². The van der Waals surface area contributed by atoms with Gasteiger partial charge in [-0.3, -0.25) is 9.78 Å². The molecule has 0 radical (unpaired) electrons. The van der Waals surface area contributed by atoms with Gasteiger partial charge in [-0.25, -0.2) is 0 Å². The van der Waals surface area contributed by atoms with Crippen LogP contribution in [0.1, 0.15) is 34.5 Å². The highest BCUT2D eigenvalue weighted by Gasteiger charge is 2.43. The average Bonchev–Trinajstić information content (AvgIpc) is 3.32. The Balaban J connectivity index is 1.28. The van der Waals surface area contributed by atoms with Crippen LogP contribution in [0.3, 0.4) is 0 Å². The van der Waals surface area contributed by atoms with Gasteiger partial charge in [-0.15, -0.1) is 11.3 Å². The highest BCUT2D eigenvalue weighted by atomic mass is 32.1. The number of pyridine rings is 1. The van der Waals surface area contributed by atoms with Crippen LogP contribution in [-0.2, 0) is 16.1 Å². The van der Waals surface area contributed by atoms with Gasteiger partial charge in [0.15, 0.2) is 0 Å². The van der Waals surface area contributed by atoms with Gasteiger partial charge in [-0.1, -0.05) is 6.07 Å². The zero-order valence-corrected chi connectivity index (χ0v) is 14.9. The van der Waals surface area contributed by atoms with E-state index in [9.17, 15) is 4.79 Å². The van der Waals surface area contributed by atoms with Crippen LogP contribution in [0.5, 0.6) is 0 Å². The van der Waals surface area contributed by atoms with Crippen LogP contribution in [0.15, 0.2) is 42.0 Å². The summed E-state index contributed by atoms with van der Waals surface area (Å²) in [6.45, 7) is 2.75. The Labute approximate surface area is 151 Å². The summed E-state index contributed by atoms with van der Waals surface area (Å²) in [7, 11) is 0. The largest absolute Gasteiger partial charge is 0.372 e. The zero-order chi connectivity index (χ0) is 17.1. The first-order valence-electron chi connectivity index (χ1n) is 8.71. The van der Waals surface area contributed by atoms with Gasteiger partial charge in [0.05, 0.1) is 29.8 Å². The second-order valence-electron chi connectivity index (χ2n) is 6.76. The number of ether oxygens (including phenoxy) is 2. The molecular formula is C19H22N2O3S. The van der Waals surface area contributed by atoms with Gasteiger partial charge in [0.25, 0.3) is 5.91 Å². The quantitative estimate of drug-likeness (QED) is 0.843. The number of hydrogen-bond donors (Lipinski definition) is 0. The molecule has 1 amide bonds. The van der Waals surface area contributed by atoms with Crippen molar-refractivity contribution in [2.24, 2.45) is 0 Å². The molecular weight excluding hydrogens is 336 g/mol. The molecule has 2 aliphatic rings. The lowest BCUT2D eigenvalue weighted by atomic mass is 9.88. The number of nitrogens with zero attached hydrogens (tertiary/aromatic N) is 2. The first-order chi connectivity index (χ1) is 12.2. The Morgan fingerprint density at radius 1 is 1.32 bits per heavy atom. The van der Waals surface area contributed by atoms with Crippen molar-refractivity contribution < 1.29 is 14.3 Å². The van der Waals surface area contributed by atoms with E-state index in [0.717, 1.165) is 42.8 Å². The molecule has 1 spiro atoms. The summed E-state index contributed by atoms with van der Waals surface area (Å²) in [5.74, 6) is 0.147. The van der Waals surface area contributed by atoms with Crippen molar-refractivity contribution in [1.29, 1.82) is 0 Å². The minimum atomic E-state index is -0.116. The molecule has 0 aromatic carbocycles. The summed E-state index contributed by atoms with van der Waals surface area (Å²) in [6.07, 6.45) is 6.39. The van der Waals surface area contributed by atoms with Gasteiger partial charge in [0.1, 0.15) is 0 Å². The number of carbonyl (C=O) groups excluding carboxylic acids is 1. The number of amides is 1. The topological polar surface area (TPSA) is 51.7 Å². The third kappa shape index (κ3) is 3.76. The fraction of sp³-hybridized carbons (Fsp3) is 0.474. The Morgan fingerprint density at radius 3 is 2.84 bits per heavy atom. The van der Waals surface area contributed by atoms with Gasteiger partial charge in [0.2, 0.25) is 0 Å². The van der Waals surface area contributed by atoms with Crippen molar-refractivity contribution >= 4 is 17.2 Å². The number of piperidine rings is 1. The van der Waals surface area contributed by atoms with E-state index in [2.05, 4.69) is 4.98 Å². The van der Waals surface area contributed by atoms with E-state index in [-0.39, 0.29) is 17.6 Å². The third-order valence-electron chi connectivity index (χ3n) is 5.10. The lowest BCUT2D eigenvalue weighted by Crippen LogP contribution is -2.46. The maximum Gasteiger partial charge on any atom is 0.263 e. The summed E-state index contributed by atoms with van der Waals surface area (Å²) < 4.78 is 12.1. The normalized spacial score (nSPS) is 22.4. The van der Waals surface area contributed by atoms with Crippen molar-refractivity contribution in [2.75, 3.05) is 19.7 Å². The van der Waals surface area contributed by atoms with Crippen LogP contribution in [0.4, 0.5) is 0 Å². The average molecular weight is 358 g/mol. The smallest absolute Gasteiger partial charge is 0.263 e. The first-order valence-corrected chi connectivity index (χ1v) is 9.59. The third-order valence-corrected chi connectivity index (χ3v) is 5.96. The van der Waals surface area contributed by atoms with Crippen LogP contribution >= 0.6 is 11.3 Å². The molecule has 0 bridgehead atoms. The number of hydrogen-bond acceptors (Lipinski definition) is 5. The molecule has 132 valence electrons. The van der Waals surface area contributed by atoms with Crippen LogP contribution < -0.4 is 0 Å². The molecule has 2 aromatic heterocycles. The Kier molecular flexibility index (Phi) is 4.83. The minimum Gasteiger partial charge on any atom is -0.372 e. The summed E-state index contributed by atoms with van der Waals surface area (Å²) in [5, 5.41) is 1.95. The molecule has 0 N–H and O–H groups in total. The molecule has 2 fully saturated rings. The van der Waals surface area contributed by atoms with E-state index in [1.54, 1.807) is 12.4 Å². The van der Waals surface area contributed by atoms with Gasteiger partial charge in [0, 0.05) is 31.9 Å². The molecule has 0 unspecified atom stereocenters. The predicted molar refractivity (Wildman–Crippen MR) is 95.6 cm³/mol. The van der Waals surface area contributed by atoms with E-state index in [1.807, 2.05) is 34.5 Å². The van der Waals surface area contributed by atoms with E-state index < -0.39 is 0 Å². The molecule has 0 aliphatic carbocycles. The number of likely N-dealkylation sites (tertiary alicyclic amines) is 1. The second-order valence-corrected chi connectivity index (χ2v) is 7.70. The second kappa shape index (κ2) is 7.23. The molecule has 2 aliphatic heterocycles. The molecule has 0 saturated carbocycles. The summed E-state index contributed by atoms with van der Waals surface area (Å²) in [4.78, 5) is 19.2. The fourth-order valence-electron chi connectivity index (χ4n) is 3.62. The van der Waals surface area contributed by atoms with Crippen molar-refractivity contribution in [1.82, 2.24) is 9.88 Å². The SMILES string of the molecule is O=C(c1cccs1)N1CCC2(CC1)C[C@H](OCc1ccncc1)CO2. The fourth-order valence-corrected chi connectivity index (χ4v) is 4.32. The molecule has 5 nitrogen and oxygen atoms in total. The minimum absolute atomic E-state index is 0.116. The number of carbonyl (C=O) groups is 1. The predicted octanol–water partition coefficient (Wildman–Crippen LogP) is 3.12. The highest BCUT2D eigenvalue weighted by molar-refractivity contribution is 7.12. The van der Waals surface area contributed by atoms with E-state index in [1.165, 1.54) is 11.3 Å². The summed E-state index contributed by atoms with van der Waals surface area (Å²) in [5.41, 5.74) is 1.02. The van der Waals surface area contributed by atoms with Crippen molar-refractivity contribution in [3.63, 3.8) is 0 Å². The number of thiophene rings is 1. The molecule has 2 aromatic rings. The van der Waals surface area contributed by atoms with Gasteiger partial charge in [-0.2, -0.15) is 0 Å². The number of rotatable bonds is 4. The molecule has 25 heavy (non-hydrogen) atoms. The van der Waals surface area contributed by atoms with Gasteiger partial charge in [-0.05, 0) is 42.0 Å². The molecule has 1 atom stereocenters. The number of aromatic nitrogens is 1. The zero-order valence-electron chi connectivity index (χ0n) is 14.1. The van der Waals surface area contributed by atoms with Crippen LogP contribution in [-0.4, -0.2) is 47.2 Å². The van der Waals surface area contributed by atoms with Crippen LogP contribution in [0.2, 0.25) is 0 Å². The molecule has 4 heterocycles. The lowest BCUT2D eigenvalue weighted by molar-refractivity contribution is -0.0411. The van der Waals surface area contributed by atoms with E-state index in [4.69, 9.17) is 9.47 Å². The molecule has 2 saturated heterocycles. The standard InChI is InChI=1S/C19H22N2O3S/c22-18(17-2-1-11-25-17)21-9-5-19(6-10-21)12-16(14-24-19)23-13-15-3-7-20-8-4-15/h1-4,7-8,11,16H,5-6,9-10,12-14H2/t16-/m0/s1. The monoisotopic (exact) mass is 358 g/mol.